The van der Waals surface area contributed by atoms with Crippen LogP contribution in [0.4, 0.5) is 17.1 Å². The molecule has 2 atom stereocenters. The molecule has 4 aliphatic rings. The maximum Gasteiger partial charge on any atom is 0.211 e. The average molecular weight is 621 g/mol. The van der Waals surface area contributed by atoms with Crippen LogP contribution in [0.2, 0.25) is 0 Å². The summed E-state index contributed by atoms with van der Waals surface area (Å²) in [5.41, 5.74) is 3.88. The van der Waals surface area contributed by atoms with Crippen LogP contribution < -0.4 is 14.5 Å². The minimum Gasteiger partial charge on any atom is -0.456 e. The van der Waals surface area contributed by atoms with Gasteiger partial charge in [0, 0.05) is 40.1 Å². The molecule has 0 spiro atoms. The van der Waals surface area contributed by atoms with Crippen LogP contribution in [-0.2, 0) is 5.41 Å². The maximum absolute atomic E-state index is 8.72. The Labute approximate surface area is 289 Å². The summed E-state index contributed by atoms with van der Waals surface area (Å²) in [6, 6.07) is 28.4. The Kier molecular flexibility index (Phi) is 4.29. The summed E-state index contributed by atoms with van der Waals surface area (Å²) in [6.45, 7) is -4.05. The van der Waals surface area contributed by atoms with E-state index in [0.29, 0.717) is 28.7 Å². The van der Waals surface area contributed by atoms with Gasteiger partial charge >= 0.3 is 0 Å². The lowest BCUT2D eigenvalue weighted by Crippen LogP contribution is -2.39. The third-order valence-corrected chi connectivity index (χ3v) is 9.90. The highest BCUT2D eigenvalue weighted by atomic mass is 16.5. The predicted molar refractivity (Wildman–Crippen MR) is 195 cm³/mol. The van der Waals surface area contributed by atoms with Gasteiger partial charge in [0.2, 0.25) is 5.96 Å². The number of aliphatic imine (C=N–C) groups is 1. The number of hydrogen-bond acceptors (Lipinski definition) is 4. The summed E-state index contributed by atoms with van der Waals surface area (Å²) < 4.78 is 85.0. The summed E-state index contributed by atoms with van der Waals surface area (Å²) >= 11 is 0. The third kappa shape index (κ3) is 4.04. The van der Waals surface area contributed by atoms with E-state index in [9.17, 15) is 0 Å². The van der Waals surface area contributed by atoms with Gasteiger partial charge in [-0.2, -0.15) is 0 Å². The fourth-order valence-electron chi connectivity index (χ4n) is 7.55. The molecule has 47 heavy (non-hydrogen) atoms. The molecule has 230 valence electrons. The Bertz CT molecular complexity index is 2550. The molecule has 9 rings (SSSR count). The molecule has 3 aliphatic heterocycles. The molecule has 4 nitrogen and oxygen atoms in total. The zero-order valence-corrected chi connectivity index (χ0v) is 26.0. The van der Waals surface area contributed by atoms with Crippen molar-refractivity contribution in [3.8, 4) is 33.8 Å². The Hall–Kier alpha value is -5.35. The summed E-state index contributed by atoms with van der Waals surface area (Å²) in [5, 5.41) is 0. The number of aryl methyl sites for hydroxylation is 3. The lowest BCUT2D eigenvalue weighted by atomic mass is 9.74. The molecule has 0 saturated carbocycles. The molecule has 4 heteroatoms. The molecule has 0 saturated heterocycles. The van der Waals surface area contributed by atoms with Crippen LogP contribution in [0.15, 0.2) is 126 Å². The van der Waals surface area contributed by atoms with E-state index in [2.05, 4.69) is 24.8 Å². The minimum absolute atomic E-state index is 0.0110. The number of para-hydroxylation sites is 4. The van der Waals surface area contributed by atoms with Crippen LogP contribution >= 0.6 is 0 Å². The predicted octanol–water partition coefficient (Wildman–Crippen LogP) is 10.6. The number of nitrogens with zero attached hydrogens (tertiary/aromatic N) is 3. The minimum atomic E-state index is -2.76. The molecule has 0 fully saturated rings. The summed E-state index contributed by atoms with van der Waals surface area (Å²) in [4.78, 5) is 9.10. The Balaban J connectivity index is 1.24. The quantitative estimate of drug-likeness (QED) is 0.201. The molecule has 0 aromatic heterocycles. The number of ether oxygens (including phenoxy) is 1. The first-order valence-electron chi connectivity index (χ1n) is 20.3. The Morgan fingerprint density at radius 2 is 1.38 bits per heavy atom. The average Bonchev–Trinajstić information content (AvgIpc) is 3.68. The van der Waals surface area contributed by atoms with Crippen LogP contribution in [0.3, 0.4) is 0 Å². The fraction of sp³-hybridized carbons (Fsp3) is 0.186. The van der Waals surface area contributed by atoms with Crippen LogP contribution in [-0.4, -0.2) is 18.0 Å². The second-order valence-corrected chi connectivity index (χ2v) is 13.0. The highest BCUT2D eigenvalue weighted by Gasteiger charge is 2.44. The smallest absolute Gasteiger partial charge is 0.211 e. The lowest BCUT2D eigenvalue weighted by Gasteiger charge is -2.35. The van der Waals surface area contributed by atoms with E-state index in [-0.39, 0.29) is 45.5 Å². The Morgan fingerprint density at radius 1 is 0.681 bits per heavy atom. The summed E-state index contributed by atoms with van der Waals surface area (Å²) in [5.74, 6) is 1.72. The van der Waals surface area contributed by atoms with E-state index in [1.54, 1.807) is 24.3 Å². The van der Waals surface area contributed by atoms with Crippen molar-refractivity contribution in [3.63, 3.8) is 0 Å². The Morgan fingerprint density at radius 3 is 2.21 bits per heavy atom. The molecule has 3 heterocycles. The highest BCUT2D eigenvalue weighted by Crippen LogP contribution is 2.52. The normalized spacial score (nSPS) is 23.0. The molecular formula is C43H37N3O. The van der Waals surface area contributed by atoms with Crippen molar-refractivity contribution in [1.29, 1.82) is 0 Å². The second-order valence-electron chi connectivity index (χ2n) is 13.0. The second kappa shape index (κ2) is 10.1. The molecular weight excluding hydrogens is 574 g/mol. The fourth-order valence-corrected chi connectivity index (χ4v) is 7.55. The van der Waals surface area contributed by atoms with E-state index in [4.69, 9.17) is 22.1 Å². The van der Waals surface area contributed by atoms with Crippen LogP contribution in [0.1, 0.15) is 54.0 Å². The zero-order chi connectivity index (χ0) is 39.5. The number of allylic oxidation sites excluding steroid dienone is 2. The van der Waals surface area contributed by atoms with Crippen molar-refractivity contribution in [1.82, 2.24) is 0 Å². The van der Waals surface area contributed by atoms with Crippen molar-refractivity contribution >= 4 is 23.0 Å². The molecule has 2 unspecified atom stereocenters. The van der Waals surface area contributed by atoms with E-state index >= 15 is 0 Å². The van der Waals surface area contributed by atoms with Crippen LogP contribution in [0.25, 0.3) is 22.3 Å². The van der Waals surface area contributed by atoms with E-state index < -0.39 is 26.0 Å². The van der Waals surface area contributed by atoms with Crippen molar-refractivity contribution in [2.45, 2.75) is 51.9 Å². The van der Waals surface area contributed by atoms with Gasteiger partial charge in [-0.15, -0.1) is 0 Å². The van der Waals surface area contributed by atoms with Crippen molar-refractivity contribution < 1.29 is 17.1 Å². The first kappa shape index (κ1) is 20.0. The van der Waals surface area contributed by atoms with Gasteiger partial charge < -0.3 is 9.64 Å². The molecule has 0 N–H and O–H groups in total. The molecule has 1 aliphatic carbocycles. The van der Waals surface area contributed by atoms with Gasteiger partial charge in [0.05, 0.1) is 23.5 Å². The maximum atomic E-state index is 8.72. The molecule has 5 aromatic rings. The van der Waals surface area contributed by atoms with Crippen LogP contribution in [0, 0.1) is 20.6 Å². The third-order valence-electron chi connectivity index (χ3n) is 9.90. The number of fused-ring (bicyclic) bond motifs is 7. The number of hydrogen-bond donors (Lipinski definition) is 0. The molecule has 0 amide bonds. The first-order chi connectivity index (χ1) is 26.4. The highest BCUT2D eigenvalue weighted by molar-refractivity contribution is 6.22. The number of benzene rings is 5. The number of rotatable bonds is 3. The van der Waals surface area contributed by atoms with Gasteiger partial charge in [-0.3, -0.25) is 4.90 Å². The van der Waals surface area contributed by atoms with E-state index in [0.717, 1.165) is 22.5 Å². The van der Waals surface area contributed by atoms with E-state index in [1.807, 2.05) is 83.8 Å². The largest absolute Gasteiger partial charge is 0.456 e. The first-order valence-corrected chi connectivity index (χ1v) is 15.8. The van der Waals surface area contributed by atoms with E-state index in [1.165, 1.54) is 12.1 Å². The lowest BCUT2D eigenvalue weighted by molar-refractivity contribution is 0.419. The monoisotopic (exact) mass is 620 g/mol. The van der Waals surface area contributed by atoms with Crippen LogP contribution in [0.5, 0.6) is 11.5 Å². The molecule has 0 radical (unpaired) electrons. The molecule has 5 aromatic carbocycles. The number of guanidine groups is 1. The standard InChI is InChI=1S/C43H37N3O/c1-26-23-29(45-38-18-9-10-19-39(38)46-37-17-8-7-16-36(37)44-42(45)46)21-22-30(26)32-24-28(3)33(25-27(32)2)31-13-12-15-35-41(31)47-40-20-11-6-14-34(40)43(35,4)5/h6-25,36-37H,1-5H3/i1D3,2D3,3D3. The van der Waals surface area contributed by atoms with Crippen molar-refractivity contribution in [2.24, 2.45) is 4.99 Å². The number of anilines is 3. The van der Waals surface area contributed by atoms with Crippen molar-refractivity contribution in [2.75, 3.05) is 9.80 Å². The zero-order valence-electron chi connectivity index (χ0n) is 35.0. The summed E-state index contributed by atoms with van der Waals surface area (Å²) in [6.07, 6.45) is 8.09. The summed E-state index contributed by atoms with van der Waals surface area (Å²) in [7, 11) is 0. The van der Waals surface area contributed by atoms with Gasteiger partial charge in [0.1, 0.15) is 11.5 Å². The van der Waals surface area contributed by atoms with Gasteiger partial charge in [-0.05, 0) is 84.3 Å². The van der Waals surface area contributed by atoms with Gasteiger partial charge in [0.25, 0.3) is 0 Å². The van der Waals surface area contributed by atoms with Gasteiger partial charge in [-0.25, -0.2) is 4.99 Å². The topological polar surface area (TPSA) is 28.1 Å². The molecule has 0 bridgehead atoms. The van der Waals surface area contributed by atoms with Crippen molar-refractivity contribution in [3.05, 3.63) is 149 Å². The van der Waals surface area contributed by atoms with Gasteiger partial charge in [0.15, 0.2) is 0 Å². The SMILES string of the molecule is [2H]C([2H])([2H])c1cc(N2C3=NC4C=CC=CC4N3c3ccccc32)ccc1-c1cc(C([2H])([2H])[2H])c(-c2cccc3c2Oc2ccccc2C3(C)C)cc1C([2H])([2H])[2H]. The van der Waals surface area contributed by atoms with Gasteiger partial charge in [-0.1, -0.05) is 105 Å².